The molecule has 4 rings (SSSR count). The second kappa shape index (κ2) is 7.85. The first-order chi connectivity index (χ1) is 12.8. The predicted octanol–water partition coefficient (Wildman–Crippen LogP) is -0.845. The minimum Gasteiger partial charge on any atom is -0.476 e. The summed E-state index contributed by atoms with van der Waals surface area (Å²) >= 11 is 0. The normalized spacial score (nSPS) is 25.1. The molecule has 0 bridgehead atoms. The number of pyridine rings is 1. The van der Waals surface area contributed by atoms with Gasteiger partial charge in [0.15, 0.2) is 17.7 Å². The minimum atomic E-state index is -0.408. The first kappa shape index (κ1) is 17.0. The molecule has 0 spiro atoms. The number of carbonyl (C=O) groups is 1. The van der Waals surface area contributed by atoms with E-state index in [0.717, 1.165) is 32.6 Å². The van der Waals surface area contributed by atoms with Crippen molar-refractivity contribution in [3.8, 4) is 5.75 Å². The van der Waals surface area contributed by atoms with E-state index in [-0.39, 0.29) is 5.91 Å². The lowest BCUT2D eigenvalue weighted by Gasteiger charge is -2.31. The van der Waals surface area contributed by atoms with Crippen molar-refractivity contribution in [2.45, 2.75) is 19.1 Å². The van der Waals surface area contributed by atoms with Gasteiger partial charge in [-0.05, 0) is 12.1 Å². The van der Waals surface area contributed by atoms with E-state index >= 15 is 0 Å². The van der Waals surface area contributed by atoms with Crippen LogP contribution in [0.5, 0.6) is 5.75 Å². The van der Waals surface area contributed by atoms with E-state index in [4.69, 9.17) is 4.74 Å². The van der Waals surface area contributed by atoms with Gasteiger partial charge < -0.3 is 19.9 Å². The Labute approximate surface area is 153 Å². The third-order valence-electron chi connectivity index (χ3n) is 5.30. The molecule has 0 radical (unpaired) electrons. The van der Waals surface area contributed by atoms with Crippen LogP contribution in [-0.2, 0) is 11.3 Å². The van der Waals surface area contributed by atoms with Crippen molar-refractivity contribution in [2.75, 3.05) is 38.0 Å². The number of hydrogen-bond donors (Lipinski definition) is 3. The maximum absolute atomic E-state index is 12.2. The summed E-state index contributed by atoms with van der Waals surface area (Å²) in [6.07, 6.45) is 1.99. The van der Waals surface area contributed by atoms with Crippen LogP contribution < -0.4 is 19.9 Å². The second-order valence-corrected chi connectivity index (χ2v) is 7.15. The third-order valence-corrected chi connectivity index (χ3v) is 5.30. The van der Waals surface area contributed by atoms with Gasteiger partial charge in [0.1, 0.15) is 32.7 Å². The standard InChI is InChI=1S/C20H24N4O2/c25-20-18(26-17-7-4-9-21-19(17)22-20)8-10-23-11-13-24(14-12-23)15-16-5-2-1-3-6-16/h1-7,9,18H,8,10-15H2,(H,21,22,25)/p+2/t18-/m1/s1. The average molecular weight is 354 g/mol. The molecule has 1 aromatic carbocycles. The van der Waals surface area contributed by atoms with Crippen molar-refractivity contribution in [2.24, 2.45) is 0 Å². The molecule has 0 saturated carbocycles. The fourth-order valence-electron chi connectivity index (χ4n) is 3.78. The van der Waals surface area contributed by atoms with Crippen molar-refractivity contribution < 1.29 is 19.3 Å². The van der Waals surface area contributed by atoms with Crippen molar-refractivity contribution in [3.63, 3.8) is 0 Å². The van der Waals surface area contributed by atoms with Gasteiger partial charge in [0, 0.05) is 18.2 Å². The molecule has 1 fully saturated rings. The maximum Gasteiger partial charge on any atom is 0.266 e. The highest BCUT2D eigenvalue weighted by atomic mass is 16.5. The largest absolute Gasteiger partial charge is 0.476 e. The zero-order chi connectivity index (χ0) is 17.8. The Hall–Kier alpha value is -2.44. The number of rotatable bonds is 5. The Morgan fingerprint density at radius 1 is 1.04 bits per heavy atom. The zero-order valence-corrected chi connectivity index (χ0v) is 14.9. The molecular weight excluding hydrogens is 328 g/mol. The molecule has 1 amide bonds. The van der Waals surface area contributed by atoms with E-state index in [9.17, 15) is 4.79 Å². The fourth-order valence-corrected chi connectivity index (χ4v) is 3.78. The van der Waals surface area contributed by atoms with Crippen LogP contribution in [0.15, 0.2) is 48.7 Å². The van der Waals surface area contributed by atoms with Crippen molar-refractivity contribution in [1.29, 1.82) is 0 Å². The molecule has 1 aromatic heterocycles. The van der Waals surface area contributed by atoms with Crippen LogP contribution in [0.2, 0.25) is 0 Å². The highest BCUT2D eigenvalue weighted by Crippen LogP contribution is 2.26. The number of piperazine rings is 1. The molecule has 2 aliphatic rings. The molecule has 6 nitrogen and oxygen atoms in total. The van der Waals surface area contributed by atoms with Gasteiger partial charge in [0.25, 0.3) is 5.91 Å². The number of nitrogens with zero attached hydrogens (tertiary/aromatic N) is 1. The van der Waals surface area contributed by atoms with E-state index in [1.54, 1.807) is 16.0 Å². The van der Waals surface area contributed by atoms with Crippen LogP contribution in [0.25, 0.3) is 0 Å². The number of anilines is 1. The Kier molecular flexibility index (Phi) is 5.13. The lowest BCUT2D eigenvalue weighted by Crippen LogP contribution is -3.27. The first-order valence-electron chi connectivity index (χ1n) is 9.41. The highest BCUT2D eigenvalue weighted by Gasteiger charge is 2.30. The van der Waals surface area contributed by atoms with E-state index in [1.807, 2.05) is 12.1 Å². The monoisotopic (exact) mass is 354 g/mol. The van der Waals surface area contributed by atoms with Gasteiger partial charge in [0.05, 0.1) is 6.54 Å². The van der Waals surface area contributed by atoms with Gasteiger partial charge in [-0.25, -0.2) is 4.98 Å². The summed E-state index contributed by atoms with van der Waals surface area (Å²) in [5.74, 6) is 1.12. The number of carbonyl (C=O) groups excluding carboxylic acids is 1. The topological polar surface area (TPSA) is 60.1 Å². The summed E-state index contributed by atoms with van der Waals surface area (Å²) in [6, 6.07) is 14.4. The van der Waals surface area contributed by atoms with Crippen LogP contribution in [-0.4, -0.2) is 49.7 Å². The summed E-state index contributed by atoms with van der Waals surface area (Å²) in [5, 5.41) is 2.84. The van der Waals surface area contributed by atoms with Crippen molar-refractivity contribution >= 4 is 11.7 Å². The minimum absolute atomic E-state index is 0.0797. The fraction of sp³-hybridized carbons (Fsp3) is 0.400. The van der Waals surface area contributed by atoms with Gasteiger partial charge in [-0.2, -0.15) is 0 Å². The van der Waals surface area contributed by atoms with Gasteiger partial charge in [-0.3, -0.25) is 4.79 Å². The third kappa shape index (κ3) is 4.03. The molecule has 0 aliphatic carbocycles. The number of benzene rings is 1. The Balaban J connectivity index is 1.23. The number of nitrogens with one attached hydrogen (secondary N) is 3. The average Bonchev–Trinajstić information content (AvgIpc) is 2.68. The number of ether oxygens (including phenoxy) is 1. The molecule has 0 unspecified atom stereocenters. The van der Waals surface area contributed by atoms with E-state index < -0.39 is 6.10 Å². The zero-order valence-electron chi connectivity index (χ0n) is 14.9. The van der Waals surface area contributed by atoms with Crippen LogP contribution in [0.1, 0.15) is 12.0 Å². The smallest absolute Gasteiger partial charge is 0.266 e. The number of aromatic nitrogens is 1. The number of amides is 1. The molecule has 3 heterocycles. The summed E-state index contributed by atoms with van der Waals surface area (Å²) in [5.41, 5.74) is 1.41. The van der Waals surface area contributed by atoms with Crippen LogP contribution in [0, 0.1) is 0 Å². The summed E-state index contributed by atoms with van der Waals surface area (Å²) in [7, 11) is 0. The van der Waals surface area contributed by atoms with Crippen molar-refractivity contribution in [3.05, 3.63) is 54.2 Å². The van der Waals surface area contributed by atoms with Gasteiger partial charge in [0.2, 0.25) is 0 Å². The molecule has 26 heavy (non-hydrogen) atoms. The van der Waals surface area contributed by atoms with Gasteiger partial charge in [-0.1, -0.05) is 30.3 Å². The van der Waals surface area contributed by atoms with E-state index in [1.165, 1.54) is 18.7 Å². The van der Waals surface area contributed by atoms with Crippen LogP contribution in [0.3, 0.4) is 0 Å². The quantitative estimate of drug-likeness (QED) is 0.656. The first-order valence-corrected chi connectivity index (χ1v) is 9.41. The lowest BCUT2D eigenvalue weighted by molar-refractivity contribution is -1.02. The van der Waals surface area contributed by atoms with Gasteiger partial charge >= 0.3 is 0 Å². The molecule has 1 saturated heterocycles. The molecule has 3 N–H and O–H groups in total. The number of hydrogen-bond acceptors (Lipinski definition) is 3. The summed E-state index contributed by atoms with van der Waals surface area (Å²) in [6.45, 7) is 6.71. The maximum atomic E-state index is 12.2. The second-order valence-electron chi connectivity index (χ2n) is 7.15. The molecule has 136 valence electrons. The summed E-state index contributed by atoms with van der Waals surface area (Å²) < 4.78 is 5.84. The van der Waals surface area contributed by atoms with Crippen molar-refractivity contribution in [1.82, 2.24) is 4.98 Å². The Bertz CT molecular complexity index is 744. The number of fused-ring (bicyclic) bond motifs is 1. The SMILES string of the molecule is O=C1Nc2ncccc2O[C@@H]1CC[NH+]1CC[NH+](Cc2ccccc2)CC1. The Morgan fingerprint density at radius 2 is 1.81 bits per heavy atom. The summed E-state index contributed by atoms with van der Waals surface area (Å²) in [4.78, 5) is 19.5. The molecule has 6 heteroatoms. The molecular formula is C20H26N4O2+2. The van der Waals surface area contributed by atoms with Gasteiger partial charge in [-0.15, -0.1) is 0 Å². The van der Waals surface area contributed by atoms with E-state index in [2.05, 4.69) is 40.6 Å². The number of quaternary nitrogens is 2. The highest BCUT2D eigenvalue weighted by molar-refractivity contribution is 5.96. The lowest BCUT2D eigenvalue weighted by atomic mass is 10.1. The molecule has 2 aliphatic heterocycles. The van der Waals surface area contributed by atoms with Crippen LogP contribution in [0.4, 0.5) is 5.82 Å². The molecule has 1 atom stereocenters. The predicted molar refractivity (Wildman–Crippen MR) is 98.3 cm³/mol. The molecule has 2 aromatic rings. The van der Waals surface area contributed by atoms with Crippen LogP contribution >= 0.6 is 0 Å². The Morgan fingerprint density at radius 3 is 2.62 bits per heavy atom. The van der Waals surface area contributed by atoms with E-state index in [0.29, 0.717) is 11.6 Å².